The van der Waals surface area contributed by atoms with Gasteiger partial charge in [-0.05, 0) is 28.8 Å². The second kappa shape index (κ2) is 2.56. The molecule has 66 valence electrons. The standard InChI is InChI=1S/C6H7BrN2O2S/c7-5-3-8-9(4-5)12(10,11)6-1-2-6/h3-4,6H,1-2H2. The van der Waals surface area contributed by atoms with Crippen molar-refractivity contribution in [2.24, 2.45) is 0 Å². The van der Waals surface area contributed by atoms with E-state index in [1.54, 1.807) is 0 Å². The van der Waals surface area contributed by atoms with Gasteiger partial charge in [-0.3, -0.25) is 0 Å². The molecule has 2 rings (SSSR count). The Morgan fingerprint density at radius 2 is 2.25 bits per heavy atom. The third-order valence-electron chi connectivity index (χ3n) is 1.73. The number of nitrogens with zero attached hydrogens (tertiary/aromatic N) is 2. The van der Waals surface area contributed by atoms with Crippen LogP contribution in [0.5, 0.6) is 0 Å². The van der Waals surface area contributed by atoms with E-state index < -0.39 is 10.0 Å². The Morgan fingerprint density at radius 3 is 2.67 bits per heavy atom. The van der Waals surface area contributed by atoms with Gasteiger partial charge in [0.2, 0.25) is 0 Å². The lowest BCUT2D eigenvalue weighted by Gasteiger charge is -1.99. The van der Waals surface area contributed by atoms with Gasteiger partial charge in [0.15, 0.2) is 0 Å². The van der Waals surface area contributed by atoms with Crippen molar-refractivity contribution in [2.45, 2.75) is 18.1 Å². The van der Waals surface area contributed by atoms with E-state index in [1.165, 1.54) is 12.4 Å². The zero-order chi connectivity index (χ0) is 8.77. The molecule has 1 aromatic heterocycles. The minimum Gasteiger partial charge on any atom is -0.204 e. The Bertz CT molecular complexity index is 393. The summed E-state index contributed by atoms with van der Waals surface area (Å²) in [5.74, 6) is 0. The molecule has 0 spiro atoms. The molecule has 0 atom stereocenters. The molecular formula is C6H7BrN2O2S. The van der Waals surface area contributed by atoms with Gasteiger partial charge in [0.1, 0.15) is 0 Å². The smallest absolute Gasteiger partial charge is 0.204 e. The van der Waals surface area contributed by atoms with E-state index in [1.807, 2.05) is 0 Å². The summed E-state index contributed by atoms with van der Waals surface area (Å²) in [4.78, 5) is 0. The van der Waals surface area contributed by atoms with Crippen LogP contribution < -0.4 is 0 Å². The Balaban J connectivity index is 2.41. The number of hydrogen-bond acceptors (Lipinski definition) is 3. The predicted molar refractivity (Wildman–Crippen MR) is 47.3 cm³/mol. The average molecular weight is 251 g/mol. The van der Waals surface area contributed by atoms with Crippen LogP contribution in [0.3, 0.4) is 0 Å². The normalized spacial score (nSPS) is 18.1. The van der Waals surface area contributed by atoms with Crippen molar-refractivity contribution in [3.8, 4) is 0 Å². The minimum absolute atomic E-state index is 0.204. The van der Waals surface area contributed by atoms with Crippen LogP contribution in [0.1, 0.15) is 12.8 Å². The van der Waals surface area contributed by atoms with Crippen molar-refractivity contribution in [3.05, 3.63) is 16.9 Å². The van der Waals surface area contributed by atoms with Crippen LogP contribution in [0.15, 0.2) is 16.9 Å². The van der Waals surface area contributed by atoms with Gasteiger partial charge in [0, 0.05) is 0 Å². The maximum atomic E-state index is 11.5. The summed E-state index contributed by atoms with van der Waals surface area (Å²) in [6.07, 6.45) is 4.47. The first-order valence-corrected chi connectivity index (χ1v) is 5.85. The largest absolute Gasteiger partial charge is 0.256 e. The van der Waals surface area contributed by atoms with E-state index in [9.17, 15) is 8.42 Å². The average Bonchev–Trinajstić information content (AvgIpc) is 2.75. The van der Waals surface area contributed by atoms with Crippen LogP contribution in [-0.4, -0.2) is 22.9 Å². The molecule has 4 nitrogen and oxygen atoms in total. The highest BCUT2D eigenvalue weighted by atomic mass is 79.9. The number of aromatic nitrogens is 2. The van der Waals surface area contributed by atoms with Gasteiger partial charge in [0.05, 0.1) is 22.1 Å². The summed E-state index contributed by atoms with van der Waals surface area (Å²) >= 11 is 3.15. The van der Waals surface area contributed by atoms with Crippen molar-refractivity contribution < 1.29 is 8.42 Å². The SMILES string of the molecule is O=S(=O)(C1CC1)n1cc(Br)cn1. The Morgan fingerprint density at radius 1 is 1.58 bits per heavy atom. The summed E-state index contributed by atoms with van der Waals surface area (Å²) in [5.41, 5.74) is 0. The molecule has 0 aliphatic heterocycles. The quantitative estimate of drug-likeness (QED) is 0.787. The third kappa shape index (κ3) is 1.29. The van der Waals surface area contributed by atoms with Crippen molar-refractivity contribution in [2.75, 3.05) is 0 Å². The Labute approximate surface area is 78.8 Å². The van der Waals surface area contributed by atoms with Crippen molar-refractivity contribution >= 4 is 26.0 Å². The molecule has 0 unspecified atom stereocenters. The maximum Gasteiger partial charge on any atom is 0.256 e. The number of hydrogen-bond donors (Lipinski definition) is 0. The molecule has 1 saturated carbocycles. The van der Waals surface area contributed by atoms with Gasteiger partial charge in [-0.1, -0.05) is 0 Å². The van der Waals surface area contributed by atoms with E-state index in [0.717, 1.165) is 16.9 Å². The molecule has 0 radical (unpaired) electrons. The number of halogens is 1. The lowest BCUT2D eigenvalue weighted by atomic mass is 10.8. The summed E-state index contributed by atoms with van der Waals surface area (Å²) in [6, 6.07) is 0. The zero-order valence-corrected chi connectivity index (χ0v) is 8.55. The first-order chi connectivity index (χ1) is 5.60. The van der Waals surface area contributed by atoms with E-state index in [4.69, 9.17) is 0 Å². The molecule has 1 aliphatic carbocycles. The molecule has 12 heavy (non-hydrogen) atoms. The van der Waals surface area contributed by atoms with E-state index in [-0.39, 0.29) is 5.25 Å². The van der Waals surface area contributed by atoms with Crippen LogP contribution in [0.4, 0.5) is 0 Å². The number of rotatable bonds is 2. The van der Waals surface area contributed by atoms with Crippen LogP contribution >= 0.6 is 15.9 Å². The van der Waals surface area contributed by atoms with Crippen LogP contribution in [-0.2, 0) is 10.0 Å². The molecule has 6 heteroatoms. The highest BCUT2D eigenvalue weighted by molar-refractivity contribution is 9.10. The topological polar surface area (TPSA) is 52.0 Å². The molecule has 1 fully saturated rings. The van der Waals surface area contributed by atoms with E-state index >= 15 is 0 Å². The van der Waals surface area contributed by atoms with Crippen LogP contribution in [0.25, 0.3) is 0 Å². The first kappa shape index (κ1) is 8.25. The van der Waals surface area contributed by atoms with Gasteiger partial charge < -0.3 is 0 Å². The zero-order valence-electron chi connectivity index (χ0n) is 6.14. The summed E-state index contributed by atoms with van der Waals surface area (Å²) in [6.45, 7) is 0. The molecule has 0 N–H and O–H groups in total. The van der Waals surface area contributed by atoms with Crippen molar-refractivity contribution in [3.63, 3.8) is 0 Å². The molecule has 1 aromatic rings. The highest BCUT2D eigenvalue weighted by Crippen LogP contribution is 2.29. The fourth-order valence-electron chi connectivity index (χ4n) is 0.942. The van der Waals surface area contributed by atoms with E-state index in [2.05, 4.69) is 21.0 Å². The lowest BCUT2D eigenvalue weighted by molar-refractivity contribution is 0.578. The lowest BCUT2D eigenvalue weighted by Crippen LogP contribution is -2.17. The van der Waals surface area contributed by atoms with Crippen molar-refractivity contribution in [1.82, 2.24) is 9.19 Å². The third-order valence-corrected chi connectivity index (χ3v) is 4.18. The molecule has 0 bridgehead atoms. The van der Waals surface area contributed by atoms with Gasteiger partial charge in [-0.2, -0.15) is 9.19 Å². The predicted octanol–water partition coefficient (Wildman–Crippen LogP) is 0.986. The molecule has 0 amide bonds. The van der Waals surface area contributed by atoms with E-state index in [0.29, 0.717) is 4.47 Å². The van der Waals surface area contributed by atoms with Gasteiger partial charge >= 0.3 is 0 Å². The molecule has 0 saturated heterocycles. The van der Waals surface area contributed by atoms with Gasteiger partial charge in [-0.25, -0.2) is 8.42 Å². The monoisotopic (exact) mass is 250 g/mol. The minimum atomic E-state index is -3.17. The molecular weight excluding hydrogens is 244 g/mol. The second-order valence-corrected chi connectivity index (χ2v) is 5.76. The molecule has 0 aromatic carbocycles. The fourth-order valence-corrected chi connectivity index (χ4v) is 2.84. The van der Waals surface area contributed by atoms with Gasteiger partial charge in [0.25, 0.3) is 10.0 Å². The van der Waals surface area contributed by atoms with Crippen LogP contribution in [0.2, 0.25) is 0 Å². The van der Waals surface area contributed by atoms with Gasteiger partial charge in [-0.15, -0.1) is 0 Å². The second-order valence-electron chi connectivity index (χ2n) is 2.78. The Kier molecular flexibility index (Phi) is 1.76. The summed E-state index contributed by atoms with van der Waals surface area (Å²) in [7, 11) is -3.17. The summed E-state index contributed by atoms with van der Waals surface area (Å²) < 4.78 is 24.7. The van der Waals surface area contributed by atoms with Crippen LogP contribution in [0, 0.1) is 0 Å². The first-order valence-electron chi connectivity index (χ1n) is 3.55. The Hall–Kier alpha value is -0.360. The molecule has 1 heterocycles. The van der Waals surface area contributed by atoms with Crippen molar-refractivity contribution in [1.29, 1.82) is 0 Å². The highest BCUT2D eigenvalue weighted by Gasteiger charge is 2.37. The maximum absolute atomic E-state index is 11.5. The fraction of sp³-hybridized carbons (Fsp3) is 0.500. The molecule has 1 aliphatic rings. The summed E-state index contributed by atoms with van der Waals surface area (Å²) in [5, 5.41) is 3.53.